The Labute approximate surface area is 174 Å². The second kappa shape index (κ2) is 9.07. The molecule has 3 N–H and O–H groups in total. The van der Waals surface area contributed by atoms with Crippen molar-refractivity contribution < 1.29 is 9.90 Å². The Bertz CT molecular complexity index is 1110. The number of carbonyl (C=O) groups is 1. The standard InChI is InChI=1S/C24H22N4O2/c29-17-22(18-7-3-1-4-8-18)27-24(30)19-12-14-28(16-19)21-11-13-25-23(15-21)26-20-9-5-2-6-10-20/h1-16,22,29H,17H2,(H,25,26)(H,27,30). The van der Waals surface area contributed by atoms with Gasteiger partial charge in [-0.15, -0.1) is 0 Å². The maximum atomic E-state index is 12.7. The van der Waals surface area contributed by atoms with Gasteiger partial charge in [0.1, 0.15) is 5.82 Å². The van der Waals surface area contributed by atoms with E-state index in [9.17, 15) is 9.90 Å². The Hall–Kier alpha value is -3.90. The smallest absolute Gasteiger partial charge is 0.253 e. The van der Waals surface area contributed by atoms with Crippen LogP contribution in [0.2, 0.25) is 0 Å². The number of rotatable bonds is 7. The van der Waals surface area contributed by atoms with E-state index < -0.39 is 6.04 Å². The molecule has 1 atom stereocenters. The third kappa shape index (κ3) is 4.56. The molecule has 6 heteroatoms. The Morgan fingerprint density at radius 3 is 2.47 bits per heavy atom. The van der Waals surface area contributed by atoms with Crippen LogP contribution in [0, 0.1) is 0 Å². The van der Waals surface area contributed by atoms with Gasteiger partial charge in [0.2, 0.25) is 0 Å². The maximum absolute atomic E-state index is 12.7. The number of nitrogens with one attached hydrogen (secondary N) is 2. The number of anilines is 2. The number of aliphatic hydroxyl groups is 1. The van der Waals surface area contributed by atoms with Crippen molar-refractivity contribution in [2.45, 2.75) is 6.04 Å². The summed E-state index contributed by atoms with van der Waals surface area (Å²) in [5, 5.41) is 15.8. The number of carbonyl (C=O) groups excluding carboxylic acids is 1. The van der Waals surface area contributed by atoms with Crippen molar-refractivity contribution >= 4 is 17.4 Å². The molecule has 30 heavy (non-hydrogen) atoms. The van der Waals surface area contributed by atoms with Crippen molar-refractivity contribution in [1.29, 1.82) is 0 Å². The molecule has 0 aliphatic carbocycles. The van der Waals surface area contributed by atoms with Crippen molar-refractivity contribution in [1.82, 2.24) is 14.9 Å². The van der Waals surface area contributed by atoms with E-state index in [0.29, 0.717) is 11.4 Å². The van der Waals surface area contributed by atoms with E-state index in [2.05, 4.69) is 15.6 Å². The average Bonchev–Trinajstić information content (AvgIpc) is 3.29. The lowest BCUT2D eigenvalue weighted by Crippen LogP contribution is -2.30. The van der Waals surface area contributed by atoms with Gasteiger partial charge in [-0.2, -0.15) is 0 Å². The maximum Gasteiger partial charge on any atom is 0.253 e. The number of pyridine rings is 1. The minimum Gasteiger partial charge on any atom is -0.394 e. The monoisotopic (exact) mass is 398 g/mol. The summed E-state index contributed by atoms with van der Waals surface area (Å²) in [6.07, 6.45) is 5.31. The molecule has 2 aromatic heterocycles. The minimum absolute atomic E-state index is 0.171. The van der Waals surface area contributed by atoms with Gasteiger partial charge in [0.15, 0.2) is 0 Å². The number of amides is 1. The highest BCUT2D eigenvalue weighted by Crippen LogP contribution is 2.19. The molecule has 150 valence electrons. The van der Waals surface area contributed by atoms with Crippen molar-refractivity contribution in [2.75, 3.05) is 11.9 Å². The van der Waals surface area contributed by atoms with E-state index >= 15 is 0 Å². The zero-order valence-corrected chi connectivity index (χ0v) is 16.3. The summed E-state index contributed by atoms with van der Waals surface area (Å²) >= 11 is 0. The lowest BCUT2D eigenvalue weighted by atomic mass is 10.1. The third-order valence-electron chi connectivity index (χ3n) is 4.73. The summed E-state index contributed by atoms with van der Waals surface area (Å²) in [6, 6.07) is 24.3. The average molecular weight is 398 g/mol. The Morgan fingerprint density at radius 2 is 1.73 bits per heavy atom. The van der Waals surface area contributed by atoms with Gasteiger partial charge in [-0.25, -0.2) is 4.98 Å². The predicted molar refractivity (Wildman–Crippen MR) is 117 cm³/mol. The van der Waals surface area contributed by atoms with Crippen LogP contribution in [0.15, 0.2) is 97.5 Å². The Balaban J connectivity index is 1.48. The number of hydrogen-bond donors (Lipinski definition) is 3. The van der Waals surface area contributed by atoms with E-state index in [1.54, 1.807) is 18.5 Å². The van der Waals surface area contributed by atoms with Crippen LogP contribution in [0.1, 0.15) is 22.0 Å². The van der Waals surface area contributed by atoms with Crippen LogP contribution in [-0.2, 0) is 0 Å². The van der Waals surface area contributed by atoms with Crippen LogP contribution < -0.4 is 10.6 Å². The molecular formula is C24H22N4O2. The first-order valence-corrected chi connectivity index (χ1v) is 9.66. The zero-order chi connectivity index (χ0) is 20.8. The van der Waals surface area contributed by atoms with Gasteiger partial charge in [-0.1, -0.05) is 48.5 Å². The highest BCUT2D eigenvalue weighted by atomic mass is 16.3. The van der Waals surface area contributed by atoms with Gasteiger partial charge in [-0.05, 0) is 29.8 Å². The molecule has 6 nitrogen and oxygen atoms in total. The third-order valence-corrected chi connectivity index (χ3v) is 4.73. The lowest BCUT2D eigenvalue weighted by molar-refractivity contribution is 0.0916. The summed E-state index contributed by atoms with van der Waals surface area (Å²) in [4.78, 5) is 17.0. The first-order chi connectivity index (χ1) is 14.7. The topological polar surface area (TPSA) is 79.2 Å². The molecule has 0 saturated heterocycles. The van der Waals surface area contributed by atoms with Crippen molar-refractivity contribution in [3.05, 3.63) is 109 Å². The van der Waals surface area contributed by atoms with Gasteiger partial charge >= 0.3 is 0 Å². The summed E-state index contributed by atoms with van der Waals surface area (Å²) < 4.78 is 1.86. The summed E-state index contributed by atoms with van der Waals surface area (Å²) in [7, 11) is 0. The van der Waals surface area contributed by atoms with Crippen molar-refractivity contribution in [3.8, 4) is 5.69 Å². The number of benzene rings is 2. The Morgan fingerprint density at radius 1 is 1.00 bits per heavy atom. The normalized spacial score (nSPS) is 11.6. The number of hydrogen-bond acceptors (Lipinski definition) is 4. The fourth-order valence-electron chi connectivity index (χ4n) is 3.17. The predicted octanol–water partition coefficient (Wildman–Crippen LogP) is 4.08. The number of aliphatic hydroxyl groups excluding tert-OH is 1. The molecule has 0 saturated carbocycles. The first kappa shape index (κ1) is 19.4. The molecule has 2 heterocycles. The number of nitrogens with zero attached hydrogens (tertiary/aromatic N) is 2. The molecule has 0 spiro atoms. The molecular weight excluding hydrogens is 376 g/mol. The van der Waals surface area contributed by atoms with Crippen LogP contribution in [0.4, 0.5) is 11.5 Å². The van der Waals surface area contributed by atoms with Crippen LogP contribution in [0.25, 0.3) is 5.69 Å². The number of para-hydroxylation sites is 1. The molecule has 0 bridgehead atoms. The van der Waals surface area contributed by atoms with Crippen LogP contribution in [0.5, 0.6) is 0 Å². The second-order valence-corrected chi connectivity index (χ2v) is 6.82. The molecule has 0 fully saturated rings. The molecule has 1 unspecified atom stereocenters. The highest BCUT2D eigenvalue weighted by molar-refractivity contribution is 5.94. The van der Waals surface area contributed by atoms with E-state index in [1.165, 1.54) is 0 Å². The van der Waals surface area contributed by atoms with Gasteiger partial charge in [0.05, 0.1) is 23.9 Å². The molecule has 4 aromatic rings. The molecule has 0 aliphatic heterocycles. The quantitative estimate of drug-likeness (QED) is 0.438. The van der Waals surface area contributed by atoms with Crippen LogP contribution >= 0.6 is 0 Å². The number of aromatic nitrogens is 2. The van der Waals surface area contributed by atoms with Gasteiger partial charge < -0.3 is 20.3 Å². The fourth-order valence-corrected chi connectivity index (χ4v) is 3.17. The Kier molecular flexibility index (Phi) is 5.87. The van der Waals surface area contributed by atoms with Gasteiger partial charge in [0, 0.05) is 30.3 Å². The largest absolute Gasteiger partial charge is 0.394 e. The molecule has 0 radical (unpaired) electrons. The molecule has 2 aromatic carbocycles. The van der Waals surface area contributed by atoms with E-state index in [-0.39, 0.29) is 12.5 Å². The molecule has 0 aliphatic rings. The summed E-state index contributed by atoms with van der Waals surface area (Å²) in [6.45, 7) is -0.171. The van der Waals surface area contributed by atoms with E-state index in [4.69, 9.17) is 0 Å². The molecule has 1 amide bonds. The first-order valence-electron chi connectivity index (χ1n) is 9.66. The van der Waals surface area contributed by atoms with Crippen molar-refractivity contribution in [3.63, 3.8) is 0 Å². The highest BCUT2D eigenvalue weighted by Gasteiger charge is 2.16. The van der Waals surface area contributed by atoms with Crippen molar-refractivity contribution in [2.24, 2.45) is 0 Å². The van der Waals surface area contributed by atoms with E-state index in [0.717, 1.165) is 16.9 Å². The summed E-state index contributed by atoms with van der Waals surface area (Å²) in [5.41, 5.74) is 3.20. The zero-order valence-electron chi connectivity index (χ0n) is 16.3. The van der Waals surface area contributed by atoms with E-state index in [1.807, 2.05) is 83.6 Å². The van der Waals surface area contributed by atoms with Crippen LogP contribution in [-0.4, -0.2) is 27.2 Å². The summed E-state index contributed by atoms with van der Waals surface area (Å²) in [5.74, 6) is 0.469. The van der Waals surface area contributed by atoms with Gasteiger partial charge in [0.25, 0.3) is 5.91 Å². The van der Waals surface area contributed by atoms with Crippen LogP contribution in [0.3, 0.4) is 0 Å². The lowest BCUT2D eigenvalue weighted by Gasteiger charge is -2.16. The minimum atomic E-state index is -0.454. The van der Waals surface area contributed by atoms with Gasteiger partial charge in [-0.3, -0.25) is 4.79 Å². The second-order valence-electron chi connectivity index (χ2n) is 6.82. The fraction of sp³-hybridized carbons (Fsp3) is 0.0833. The molecule has 4 rings (SSSR count). The SMILES string of the molecule is O=C(NC(CO)c1ccccc1)c1ccn(-c2ccnc(Nc3ccccc3)c2)c1.